The number of anilines is 2. The van der Waals surface area contributed by atoms with Crippen molar-refractivity contribution in [1.29, 1.82) is 0 Å². The van der Waals surface area contributed by atoms with Crippen LogP contribution in [0.15, 0.2) is 72.9 Å². The van der Waals surface area contributed by atoms with Crippen molar-refractivity contribution in [2.75, 3.05) is 11.9 Å². The highest BCUT2D eigenvalue weighted by atomic mass is 35.5. The Morgan fingerprint density at radius 1 is 0.969 bits per heavy atom. The number of aromatic nitrogens is 2. The van der Waals surface area contributed by atoms with Gasteiger partial charge in [0.1, 0.15) is 0 Å². The van der Waals surface area contributed by atoms with E-state index >= 15 is 0 Å². The summed E-state index contributed by atoms with van der Waals surface area (Å²) in [6.07, 6.45) is 3.31. The predicted octanol–water partition coefficient (Wildman–Crippen LogP) is 6.42. The number of aliphatic hydroxyl groups is 1. The molecule has 1 aliphatic rings. The van der Waals surface area contributed by atoms with E-state index < -0.39 is 0 Å². The van der Waals surface area contributed by atoms with Crippen LogP contribution in [0.5, 0.6) is 0 Å². The lowest BCUT2D eigenvalue weighted by Gasteiger charge is -2.27. The largest absolute Gasteiger partial charge is 0.396 e. The Morgan fingerprint density at radius 2 is 1.84 bits per heavy atom. The van der Waals surface area contributed by atoms with Gasteiger partial charge in [-0.15, -0.1) is 0 Å². The Balaban J connectivity index is 1.50. The zero-order valence-electron chi connectivity index (χ0n) is 17.2. The van der Waals surface area contributed by atoms with Crippen molar-refractivity contribution < 1.29 is 5.11 Å². The van der Waals surface area contributed by atoms with Crippen molar-refractivity contribution in [3.63, 3.8) is 0 Å². The molecule has 0 saturated carbocycles. The standard InChI is InChI=1S/C26H21Cl2N3O/c27-23-9-8-17(14-24(23)28)22-13-18-15-29-26(30-19-5-3-4-16(12-19)10-11-32)31-25(18)21-7-2-1-6-20(21)22/h1-9,12,14-15,22,32H,10-11,13H2,(H,29,30,31)/t22-/m0/s1. The van der Waals surface area contributed by atoms with Crippen LogP contribution in [0.3, 0.4) is 0 Å². The molecular weight excluding hydrogens is 441 g/mol. The fourth-order valence-electron chi connectivity index (χ4n) is 4.29. The summed E-state index contributed by atoms with van der Waals surface area (Å²) in [5, 5.41) is 13.6. The molecular formula is C26H21Cl2N3O. The van der Waals surface area contributed by atoms with Gasteiger partial charge >= 0.3 is 0 Å². The molecule has 160 valence electrons. The normalized spacial score (nSPS) is 14.5. The fraction of sp³-hybridized carbons (Fsp3) is 0.154. The van der Waals surface area contributed by atoms with Crippen LogP contribution < -0.4 is 5.32 Å². The van der Waals surface area contributed by atoms with Gasteiger partial charge in [-0.3, -0.25) is 0 Å². The molecule has 1 aliphatic carbocycles. The second-order valence-electron chi connectivity index (χ2n) is 7.88. The summed E-state index contributed by atoms with van der Waals surface area (Å²) in [5.41, 5.74) is 7.44. The molecule has 1 heterocycles. The van der Waals surface area contributed by atoms with E-state index in [-0.39, 0.29) is 12.5 Å². The second-order valence-corrected chi connectivity index (χ2v) is 8.70. The maximum Gasteiger partial charge on any atom is 0.227 e. The Hall–Kier alpha value is -2.92. The molecule has 1 aromatic heterocycles. The van der Waals surface area contributed by atoms with Crippen LogP contribution in [0.25, 0.3) is 11.3 Å². The molecule has 4 aromatic rings. The third kappa shape index (κ3) is 4.09. The van der Waals surface area contributed by atoms with E-state index in [2.05, 4.69) is 28.5 Å². The number of aliphatic hydroxyl groups excluding tert-OH is 1. The average Bonchev–Trinajstić information content (AvgIpc) is 2.81. The van der Waals surface area contributed by atoms with E-state index in [1.54, 1.807) is 0 Å². The lowest BCUT2D eigenvalue weighted by atomic mass is 9.78. The van der Waals surface area contributed by atoms with Gasteiger partial charge < -0.3 is 10.4 Å². The second kappa shape index (κ2) is 8.91. The van der Waals surface area contributed by atoms with Crippen LogP contribution >= 0.6 is 23.2 Å². The summed E-state index contributed by atoms with van der Waals surface area (Å²) in [6.45, 7) is 0.121. The van der Waals surface area contributed by atoms with Gasteiger partial charge in [-0.25, -0.2) is 9.97 Å². The number of hydrogen-bond acceptors (Lipinski definition) is 4. The van der Waals surface area contributed by atoms with Gasteiger partial charge in [0, 0.05) is 30.0 Å². The molecule has 3 aromatic carbocycles. The Morgan fingerprint density at radius 3 is 2.69 bits per heavy atom. The van der Waals surface area contributed by atoms with Gasteiger partial charge in [0.25, 0.3) is 0 Å². The summed E-state index contributed by atoms with van der Waals surface area (Å²) < 4.78 is 0. The van der Waals surface area contributed by atoms with Crippen LogP contribution in [-0.4, -0.2) is 21.7 Å². The number of nitrogens with one attached hydrogen (secondary N) is 1. The summed E-state index contributed by atoms with van der Waals surface area (Å²) >= 11 is 12.5. The van der Waals surface area contributed by atoms with E-state index in [1.165, 1.54) is 5.56 Å². The summed E-state index contributed by atoms with van der Waals surface area (Å²) in [7, 11) is 0. The van der Waals surface area contributed by atoms with E-state index in [0.717, 1.165) is 40.1 Å². The third-order valence-corrected chi connectivity index (χ3v) is 6.55. The summed E-state index contributed by atoms with van der Waals surface area (Å²) in [6, 6.07) is 22.1. The van der Waals surface area contributed by atoms with E-state index in [4.69, 9.17) is 28.2 Å². The lowest BCUT2D eigenvalue weighted by Crippen LogP contribution is -2.15. The van der Waals surface area contributed by atoms with Crippen molar-refractivity contribution in [3.05, 3.63) is 105 Å². The minimum Gasteiger partial charge on any atom is -0.396 e. The molecule has 2 N–H and O–H groups in total. The Kier molecular flexibility index (Phi) is 5.83. The molecule has 32 heavy (non-hydrogen) atoms. The topological polar surface area (TPSA) is 58.0 Å². The molecule has 4 nitrogen and oxygen atoms in total. The van der Waals surface area contributed by atoms with Gasteiger partial charge in [-0.05, 0) is 59.4 Å². The zero-order chi connectivity index (χ0) is 22.1. The Bertz CT molecular complexity index is 1290. The van der Waals surface area contributed by atoms with Crippen LogP contribution in [0, 0.1) is 0 Å². The lowest BCUT2D eigenvalue weighted by molar-refractivity contribution is 0.299. The van der Waals surface area contributed by atoms with E-state index in [1.807, 2.05) is 54.7 Å². The van der Waals surface area contributed by atoms with Gasteiger partial charge in [-0.1, -0.05) is 65.7 Å². The molecule has 0 unspecified atom stereocenters. The van der Waals surface area contributed by atoms with Crippen molar-refractivity contribution in [3.8, 4) is 11.3 Å². The van der Waals surface area contributed by atoms with Crippen molar-refractivity contribution in [2.45, 2.75) is 18.8 Å². The van der Waals surface area contributed by atoms with Crippen molar-refractivity contribution in [2.24, 2.45) is 0 Å². The molecule has 0 radical (unpaired) electrons. The summed E-state index contributed by atoms with van der Waals surface area (Å²) in [4.78, 5) is 9.44. The smallest absolute Gasteiger partial charge is 0.227 e. The minimum absolute atomic E-state index is 0.121. The summed E-state index contributed by atoms with van der Waals surface area (Å²) in [5.74, 6) is 0.707. The first kappa shape index (κ1) is 21.0. The van der Waals surface area contributed by atoms with E-state index in [9.17, 15) is 5.11 Å². The Labute approximate surface area is 196 Å². The van der Waals surface area contributed by atoms with Crippen molar-refractivity contribution in [1.82, 2.24) is 9.97 Å². The maximum atomic E-state index is 9.20. The van der Waals surface area contributed by atoms with Crippen LogP contribution in [-0.2, 0) is 12.8 Å². The highest BCUT2D eigenvalue weighted by Gasteiger charge is 2.27. The quantitative estimate of drug-likeness (QED) is 0.360. The number of halogens is 2. The third-order valence-electron chi connectivity index (χ3n) is 5.81. The van der Waals surface area contributed by atoms with Crippen molar-refractivity contribution >= 4 is 34.8 Å². The molecule has 0 aliphatic heterocycles. The average molecular weight is 462 g/mol. The molecule has 0 fully saturated rings. The molecule has 6 heteroatoms. The molecule has 5 rings (SSSR count). The molecule has 1 atom stereocenters. The number of rotatable bonds is 5. The van der Waals surface area contributed by atoms with Gasteiger partial charge in [-0.2, -0.15) is 0 Å². The molecule has 0 bridgehead atoms. The number of fused-ring (bicyclic) bond motifs is 3. The fourth-order valence-corrected chi connectivity index (χ4v) is 4.59. The monoisotopic (exact) mass is 461 g/mol. The first-order chi connectivity index (χ1) is 15.6. The predicted molar refractivity (Wildman–Crippen MR) is 130 cm³/mol. The zero-order valence-corrected chi connectivity index (χ0v) is 18.7. The van der Waals surface area contributed by atoms with Crippen LogP contribution in [0.1, 0.15) is 28.2 Å². The molecule has 0 spiro atoms. The highest BCUT2D eigenvalue weighted by molar-refractivity contribution is 6.42. The van der Waals surface area contributed by atoms with Gasteiger partial charge in [0.15, 0.2) is 0 Å². The van der Waals surface area contributed by atoms with Crippen LogP contribution in [0.4, 0.5) is 11.6 Å². The molecule has 0 amide bonds. The SMILES string of the molecule is OCCc1cccc(Nc2ncc3c(n2)-c2ccccc2[C@H](c2ccc(Cl)c(Cl)c2)C3)c1. The number of hydrogen-bond donors (Lipinski definition) is 2. The van der Waals surface area contributed by atoms with Crippen LogP contribution in [0.2, 0.25) is 10.0 Å². The maximum absolute atomic E-state index is 9.20. The number of benzene rings is 3. The van der Waals surface area contributed by atoms with Gasteiger partial charge in [0.2, 0.25) is 5.95 Å². The van der Waals surface area contributed by atoms with E-state index in [0.29, 0.717) is 22.4 Å². The van der Waals surface area contributed by atoms with Gasteiger partial charge in [0.05, 0.1) is 15.7 Å². The minimum atomic E-state index is 0.121. The molecule has 0 saturated heterocycles. The first-order valence-electron chi connectivity index (χ1n) is 10.5. The first-order valence-corrected chi connectivity index (χ1v) is 11.2. The highest BCUT2D eigenvalue weighted by Crippen LogP contribution is 2.42. The number of nitrogens with zero attached hydrogens (tertiary/aromatic N) is 2.